The highest BCUT2D eigenvalue weighted by Gasteiger charge is 2.40. The molecule has 4 nitrogen and oxygen atoms in total. The molecule has 7 heteroatoms. The van der Waals surface area contributed by atoms with Crippen LogP contribution in [0.2, 0.25) is 5.02 Å². The number of nitrogens with one attached hydrogen (secondary N) is 1. The smallest absolute Gasteiger partial charge is 0.282 e. The monoisotopic (exact) mass is 424 g/mol. The Labute approximate surface area is 176 Å². The summed E-state index contributed by atoms with van der Waals surface area (Å²) in [6, 6.07) is 15.4. The van der Waals surface area contributed by atoms with Crippen molar-refractivity contribution >= 4 is 40.4 Å². The van der Waals surface area contributed by atoms with E-state index in [1.54, 1.807) is 18.2 Å². The van der Waals surface area contributed by atoms with Crippen LogP contribution in [0.25, 0.3) is 5.57 Å². The van der Waals surface area contributed by atoms with Gasteiger partial charge in [-0.15, -0.1) is 0 Å². The first-order chi connectivity index (χ1) is 14.3. The molecule has 0 bridgehead atoms. The highest BCUT2D eigenvalue weighted by molar-refractivity contribution is 6.46. The molecule has 0 saturated heterocycles. The van der Waals surface area contributed by atoms with E-state index in [9.17, 15) is 18.4 Å². The molecule has 0 atom stereocenters. The van der Waals surface area contributed by atoms with Crippen LogP contribution in [0.4, 0.5) is 20.2 Å². The number of nitrogens with zero attached hydrogens (tertiary/aromatic N) is 1. The second-order valence-electron chi connectivity index (χ2n) is 6.76. The first kappa shape index (κ1) is 19.8. The number of imide groups is 1. The lowest BCUT2D eigenvalue weighted by Gasteiger charge is -2.15. The number of aryl methyl sites for hydroxylation is 1. The predicted octanol–water partition coefficient (Wildman–Crippen LogP) is 5.32. The number of rotatable bonds is 4. The van der Waals surface area contributed by atoms with Crippen molar-refractivity contribution in [2.24, 2.45) is 0 Å². The Bertz CT molecular complexity index is 1190. The molecule has 2 amide bonds. The quantitative estimate of drug-likeness (QED) is 0.576. The lowest BCUT2D eigenvalue weighted by molar-refractivity contribution is -0.120. The van der Waals surface area contributed by atoms with E-state index in [0.29, 0.717) is 16.3 Å². The Morgan fingerprint density at radius 1 is 0.833 bits per heavy atom. The van der Waals surface area contributed by atoms with Gasteiger partial charge in [-0.3, -0.25) is 9.59 Å². The van der Waals surface area contributed by atoms with Crippen LogP contribution in [-0.4, -0.2) is 11.8 Å². The van der Waals surface area contributed by atoms with Crippen LogP contribution in [0.1, 0.15) is 11.1 Å². The molecule has 0 unspecified atom stereocenters. The summed E-state index contributed by atoms with van der Waals surface area (Å²) >= 11 is 6.08. The van der Waals surface area contributed by atoms with Crippen molar-refractivity contribution in [3.63, 3.8) is 0 Å². The van der Waals surface area contributed by atoms with Crippen molar-refractivity contribution in [3.8, 4) is 0 Å². The van der Waals surface area contributed by atoms with Gasteiger partial charge in [-0.05, 0) is 66.6 Å². The molecule has 1 aliphatic rings. The molecule has 0 radical (unpaired) electrons. The van der Waals surface area contributed by atoms with Gasteiger partial charge in [-0.25, -0.2) is 13.7 Å². The van der Waals surface area contributed by atoms with Crippen LogP contribution in [0.3, 0.4) is 0 Å². The van der Waals surface area contributed by atoms with E-state index in [0.717, 1.165) is 10.5 Å². The predicted molar refractivity (Wildman–Crippen MR) is 112 cm³/mol. The third-order valence-electron chi connectivity index (χ3n) is 4.76. The minimum absolute atomic E-state index is 0.0290. The maximum Gasteiger partial charge on any atom is 0.282 e. The van der Waals surface area contributed by atoms with E-state index in [-0.39, 0.29) is 17.0 Å². The van der Waals surface area contributed by atoms with E-state index >= 15 is 0 Å². The molecule has 150 valence electrons. The van der Waals surface area contributed by atoms with Gasteiger partial charge >= 0.3 is 0 Å². The van der Waals surface area contributed by atoms with Crippen molar-refractivity contribution in [2.45, 2.75) is 6.92 Å². The fourth-order valence-corrected chi connectivity index (χ4v) is 3.39. The molecule has 3 aromatic carbocycles. The molecule has 1 N–H and O–H groups in total. The molecule has 1 heterocycles. The third-order valence-corrected chi connectivity index (χ3v) is 5.00. The second-order valence-corrected chi connectivity index (χ2v) is 7.20. The molecule has 4 rings (SSSR count). The van der Waals surface area contributed by atoms with Crippen LogP contribution < -0.4 is 10.2 Å². The number of anilines is 2. The zero-order valence-electron chi connectivity index (χ0n) is 15.7. The summed E-state index contributed by atoms with van der Waals surface area (Å²) in [6.07, 6.45) is 0. The minimum Gasteiger partial charge on any atom is -0.350 e. The Hall–Kier alpha value is -3.51. The van der Waals surface area contributed by atoms with Crippen LogP contribution in [0, 0.1) is 18.6 Å². The number of amides is 2. The SMILES string of the molecule is Cc1ccc(Cl)cc1NC1=C(c2ccc(F)cc2)C(=O)N(c2ccc(F)cc2)C1=O. The number of carbonyl (C=O) groups is 2. The number of benzene rings is 3. The highest BCUT2D eigenvalue weighted by atomic mass is 35.5. The summed E-state index contributed by atoms with van der Waals surface area (Å²) in [5.74, 6) is -2.16. The Kier molecular flexibility index (Phi) is 5.10. The maximum atomic E-state index is 13.4. The summed E-state index contributed by atoms with van der Waals surface area (Å²) in [6.45, 7) is 1.83. The zero-order valence-corrected chi connectivity index (χ0v) is 16.5. The van der Waals surface area contributed by atoms with E-state index < -0.39 is 23.4 Å². The maximum absolute atomic E-state index is 13.4. The van der Waals surface area contributed by atoms with Crippen molar-refractivity contribution < 1.29 is 18.4 Å². The van der Waals surface area contributed by atoms with Crippen molar-refractivity contribution in [3.05, 3.63) is 100 Å². The number of hydrogen-bond donors (Lipinski definition) is 1. The van der Waals surface area contributed by atoms with Crippen LogP contribution in [0.5, 0.6) is 0 Å². The van der Waals surface area contributed by atoms with Crippen molar-refractivity contribution in [1.29, 1.82) is 0 Å². The topological polar surface area (TPSA) is 49.4 Å². The average molecular weight is 425 g/mol. The van der Waals surface area contributed by atoms with Gasteiger partial charge in [0.05, 0.1) is 11.3 Å². The molecule has 0 fully saturated rings. The number of hydrogen-bond acceptors (Lipinski definition) is 3. The van der Waals surface area contributed by atoms with Gasteiger partial charge in [0.15, 0.2) is 0 Å². The van der Waals surface area contributed by atoms with Gasteiger partial charge in [0.2, 0.25) is 0 Å². The standard InChI is InChI=1S/C23H15ClF2N2O2/c1-13-2-5-15(24)12-19(13)27-21-20(14-3-6-16(25)7-4-14)22(29)28(23(21)30)18-10-8-17(26)9-11-18/h2-12,27H,1H3. The Balaban J connectivity index is 1.84. The Morgan fingerprint density at radius 2 is 1.43 bits per heavy atom. The van der Waals surface area contributed by atoms with Gasteiger partial charge in [0.1, 0.15) is 17.3 Å². The summed E-state index contributed by atoms with van der Waals surface area (Å²) in [7, 11) is 0. The van der Waals surface area contributed by atoms with Gasteiger partial charge < -0.3 is 5.32 Å². The van der Waals surface area contributed by atoms with E-state index in [2.05, 4.69) is 5.32 Å². The summed E-state index contributed by atoms with van der Waals surface area (Å²) < 4.78 is 26.8. The van der Waals surface area contributed by atoms with Crippen LogP contribution in [0.15, 0.2) is 72.4 Å². The molecular formula is C23H15ClF2N2O2. The highest BCUT2D eigenvalue weighted by Crippen LogP contribution is 2.34. The zero-order chi connectivity index (χ0) is 21.4. The molecule has 0 spiro atoms. The largest absolute Gasteiger partial charge is 0.350 e. The first-order valence-electron chi connectivity index (χ1n) is 9.03. The van der Waals surface area contributed by atoms with E-state index in [1.807, 2.05) is 6.92 Å². The van der Waals surface area contributed by atoms with E-state index in [4.69, 9.17) is 11.6 Å². The van der Waals surface area contributed by atoms with Crippen LogP contribution in [-0.2, 0) is 9.59 Å². The molecule has 0 aliphatic carbocycles. The number of halogens is 3. The Morgan fingerprint density at radius 3 is 2.07 bits per heavy atom. The molecule has 3 aromatic rings. The number of carbonyl (C=O) groups excluding carboxylic acids is 2. The second kappa shape index (κ2) is 7.72. The molecule has 0 aromatic heterocycles. The summed E-state index contributed by atoms with van der Waals surface area (Å²) in [4.78, 5) is 27.4. The lowest BCUT2D eigenvalue weighted by atomic mass is 10.0. The first-order valence-corrected chi connectivity index (χ1v) is 9.40. The van der Waals surface area contributed by atoms with Gasteiger partial charge in [-0.2, -0.15) is 0 Å². The summed E-state index contributed by atoms with van der Waals surface area (Å²) in [5.41, 5.74) is 2.09. The lowest BCUT2D eigenvalue weighted by Crippen LogP contribution is -2.32. The minimum atomic E-state index is -0.606. The molecule has 30 heavy (non-hydrogen) atoms. The van der Waals surface area contributed by atoms with Crippen LogP contribution >= 0.6 is 11.6 Å². The molecular weight excluding hydrogens is 410 g/mol. The van der Waals surface area contributed by atoms with E-state index in [1.165, 1.54) is 48.5 Å². The summed E-state index contributed by atoms with van der Waals surface area (Å²) in [5, 5.41) is 3.48. The fraction of sp³-hybridized carbons (Fsp3) is 0.0435. The molecule has 0 saturated carbocycles. The fourth-order valence-electron chi connectivity index (χ4n) is 3.22. The molecule has 1 aliphatic heterocycles. The van der Waals surface area contributed by atoms with Gasteiger partial charge in [0.25, 0.3) is 11.8 Å². The van der Waals surface area contributed by atoms with Crippen molar-refractivity contribution in [2.75, 3.05) is 10.2 Å². The van der Waals surface area contributed by atoms with Gasteiger partial charge in [0, 0.05) is 10.7 Å². The normalized spacial score (nSPS) is 13.9. The third kappa shape index (κ3) is 3.57. The van der Waals surface area contributed by atoms with Gasteiger partial charge in [-0.1, -0.05) is 29.8 Å². The van der Waals surface area contributed by atoms with Crippen molar-refractivity contribution in [1.82, 2.24) is 0 Å². The average Bonchev–Trinajstić information content (AvgIpc) is 2.96.